The number of ether oxygens (including phenoxy) is 3. The molecule has 0 fully saturated rings. The zero-order chi connectivity index (χ0) is 41.5. The lowest BCUT2D eigenvalue weighted by atomic mass is 10.1. The molecule has 6 heteroatoms. The molecule has 0 spiro atoms. The molecule has 1 unspecified atom stereocenters. The van der Waals surface area contributed by atoms with Crippen molar-refractivity contribution in [3.05, 3.63) is 72.9 Å². The lowest BCUT2D eigenvalue weighted by molar-refractivity contribution is -0.167. The van der Waals surface area contributed by atoms with Crippen LogP contribution >= 0.6 is 0 Å². The van der Waals surface area contributed by atoms with E-state index in [-0.39, 0.29) is 31.1 Å². The second-order valence-corrected chi connectivity index (χ2v) is 15.3. The summed E-state index contributed by atoms with van der Waals surface area (Å²) in [6, 6.07) is 0. The predicted molar refractivity (Wildman–Crippen MR) is 242 cm³/mol. The van der Waals surface area contributed by atoms with E-state index in [1.54, 1.807) is 0 Å². The molecule has 0 heterocycles. The van der Waals surface area contributed by atoms with Gasteiger partial charge in [0, 0.05) is 19.3 Å². The summed E-state index contributed by atoms with van der Waals surface area (Å²) in [6.07, 6.45) is 56.3. The minimum atomic E-state index is -0.778. The number of hydrogen-bond donors (Lipinski definition) is 0. The van der Waals surface area contributed by atoms with Gasteiger partial charge in [0.2, 0.25) is 0 Å². The third-order valence-corrected chi connectivity index (χ3v) is 9.68. The summed E-state index contributed by atoms with van der Waals surface area (Å²) < 4.78 is 16.6. The van der Waals surface area contributed by atoms with Gasteiger partial charge in [0.05, 0.1) is 0 Å². The molecule has 1 atom stereocenters. The number of carbonyl (C=O) groups is 3. The summed E-state index contributed by atoms with van der Waals surface area (Å²) in [4.78, 5) is 37.5. The Morgan fingerprint density at radius 2 is 0.719 bits per heavy atom. The summed E-state index contributed by atoms with van der Waals surface area (Å²) in [7, 11) is 0. The van der Waals surface area contributed by atoms with Crippen LogP contribution in [-0.2, 0) is 28.6 Å². The SMILES string of the molecule is CC/C=C\C/C=C\C/C=C\C/C=C\C/C=C\CCCCCCCCCC(=O)OCC(COC(=O)CCCCCCCC)OC(=O)CCCCCCC/C=C\CCC. The monoisotopic (exact) mass is 795 g/mol. The van der Waals surface area contributed by atoms with Crippen LogP contribution in [0.2, 0.25) is 0 Å². The summed E-state index contributed by atoms with van der Waals surface area (Å²) >= 11 is 0. The van der Waals surface area contributed by atoms with Gasteiger partial charge in [-0.05, 0) is 83.5 Å². The maximum atomic E-state index is 12.6. The molecule has 57 heavy (non-hydrogen) atoms. The number of hydrogen-bond acceptors (Lipinski definition) is 6. The van der Waals surface area contributed by atoms with Gasteiger partial charge in [0.25, 0.3) is 0 Å². The van der Waals surface area contributed by atoms with Crippen molar-refractivity contribution < 1.29 is 28.6 Å². The van der Waals surface area contributed by atoms with Crippen LogP contribution in [0.5, 0.6) is 0 Å². The van der Waals surface area contributed by atoms with E-state index in [2.05, 4.69) is 93.7 Å². The van der Waals surface area contributed by atoms with E-state index in [1.165, 1.54) is 57.8 Å². The van der Waals surface area contributed by atoms with Gasteiger partial charge in [-0.3, -0.25) is 14.4 Å². The van der Waals surface area contributed by atoms with Crippen molar-refractivity contribution in [3.8, 4) is 0 Å². The minimum Gasteiger partial charge on any atom is -0.462 e. The van der Waals surface area contributed by atoms with Crippen molar-refractivity contribution in [2.24, 2.45) is 0 Å². The number of carbonyl (C=O) groups excluding carboxylic acids is 3. The van der Waals surface area contributed by atoms with Crippen LogP contribution in [0.15, 0.2) is 72.9 Å². The minimum absolute atomic E-state index is 0.0830. The molecule has 0 N–H and O–H groups in total. The second kappa shape index (κ2) is 45.6. The highest BCUT2D eigenvalue weighted by atomic mass is 16.6. The Hall–Kier alpha value is -3.15. The Morgan fingerprint density at radius 1 is 0.368 bits per heavy atom. The van der Waals surface area contributed by atoms with Crippen molar-refractivity contribution in [2.75, 3.05) is 13.2 Å². The fourth-order valence-corrected chi connectivity index (χ4v) is 6.17. The van der Waals surface area contributed by atoms with Crippen LogP contribution in [-0.4, -0.2) is 37.2 Å². The van der Waals surface area contributed by atoms with E-state index in [4.69, 9.17) is 14.2 Å². The Balaban J connectivity index is 4.19. The van der Waals surface area contributed by atoms with Gasteiger partial charge in [0.15, 0.2) is 6.10 Å². The van der Waals surface area contributed by atoms with E-state index >= 15 is 0 Å². The molecule has 0 aromatic carbocycles. The van der Waals surface area contributed by atoms with Crippen molar-refractivity contribution >= 4 is 17.9 Å². The molecule has 0 amide bonds. The fourth-order valence-electron chi connectivity index (χ4n) is 6.17. The smallest absolute Gasteiger partial charge is 0.306 e. The third kappa shape index (κ3) is 43.8. The number of esters is 3. The summed E-state index contributed by atoms with van der Waals surface area (Å²) in [5, 5.41) is 0. The van der Waals surface area contributed by atoms with Crippen LogP contribution in [0.1, 0.15) is 213 Å². The van der Waals surface area contributed by atoms with E-state index in [9.17, 15) is 14.4 Å². The molecule has 0 saturated heterocycles. The van der Waals surface area contributed by atoms with Crippen LogP contribution in [0.4, 0.5) is 0 Å². The van der Waals surface area contributed by atoms with Gasteiger partial charge in [-0.2, -0.15) is 0 Å². The average Bonchev–Trinajstić information content (AvgIpc) is 3.21. The van der Waals surface area contributed by atoms with Gasteiger partial charge in [-0.1, -0.05) is 184 Å². The van der Waals surface area contributed by atoms with E-state index < -0.39 is 6.10 Å². The highest BCUT2D eigenvalue weighted by molar-refractivity contribution is 5.71. The Kier molecular flexibility index (Phi) is 43.0. The standard InChI is InChI=1S/C51H86O6/c1-4-7-10-13-16-18-20-21-22-23-24-25-26-27-28-29-30-31-32-34-35-38-41-44-50(53)56-47-48(46-55-49(52)43-40-37-15-12-9-6-3)57-51(54)45-42-39-36-33-19-17-14-11-8-5-2/h7,10-11,14,16,18,21-22,24-25,27-28,48H,4-6,8-9,12-13,15,17,19-20,23,26,29-47H2,1-3H3/b10-7-,14-11-,18-16-,22-21-,25-24-,28-27-. The highest BCUT2D eigenvalue weighted by Gasteiger charge is 2.19. The molecule has 0 aliphatic rings. The Morgan fingerprint density at radius 3 is 1.16 bits per heavy atom. The third-order valence-electron chi connectivity index (χ3n) is 9.68. The number of rotatable bonds is 41. The molecule has 0 rings (SSSR count). The Bertz CT molecular complexity index is 1100. The lowest BCUT2D eigenvalue weighted by Gasteiger charge is -2.18. The first-order valence-electron chi connectivity index (χ1n) is 23.4. The molecule has 0 aromatic rings. The van der Waals surface area contributed by atoms with Crippen LogP contribution in [0.25, 0.3) is 0 Å². The summed E-state index contributed by atoms with van der Waals surface area (Å²) in [5.41, 5.74) is 0. The van der Waals surface area contributed by atoms with E-state index in [0.29, 0.717) is 19.3 Å². The topological polar surface area (TPSA) is 78.9 Å². The highest BCUT2D eigenvalue weighted by Crippen LogP contribution is 2.13. The molecule has 0 bridgehead atoms. The largest absolute Gasteiger partial charge is 0.462 e. The van der Waals surface area contributed by atoms with Gasteiger partial charge in [-0.15, -0.1) is 0 Å². The maximum absolute atomic E-state index is 12.6. The first-order valence-corrected chi connectivity index (χ1v) is 23.4. The zero-order valence-electron chi connectivity index (χ0n) is 37.1. The van der Waals surface area contributed by atoms with Crippen molar-refractivity contribution in [1.82, 2.24) is 0 Å². The van der Waals surface area contributed by atoms with Gasteiger partial charge < -0.3 is 14.2 Å². The molecular weight excluding hydrogens is 709 g/mol. The van der Waals surface area contributed by atoms with Gasteiger partial charge in [-0.25, -0.2) is 0 Å². The van der Waals surface area contributed by atoms with Gasteiger partial charge in [0.1, 0.15) is 13.2 Å². The van der Waals surface area contributed by atoms with Crippen molar-refractivity contribution in [2.45, 2.75) is 219 Å². The van der Waals surface area contributed by atoms with Crippen molar-refractivity contribution in [1.29, 1.82) is 0 Å². The molecular formula is C51H86O6. The van der Waals surface area contributed by atoms with E-state index in [1.807, 2.05) is 0 Å². The Labute approximate surface area is 351 Å². The molecule has 0 radical (unpaired) electrons. The van der Waals surface area contributed by atoms with E-state index in [0.717, 1.165) is 116 Å². The quantitative estimate of drug-likeness (QED) is 0.0265. The predicted octanol–water partition coefficient (Wildman–Crippen LogP) is 15.1. The first kappa shape index (κ1) is 53.9. The molecule has 0 aromatic heterocycles. The van der Waals surface area contributed by atoms with Gasteiger partial charge >= 0.3 is 17.9 Å². The lowest BCUT2D eigenvalue weighted by Crippen LogP contribution is -2.30. The van der Waals surface area contributed by atoms with Crippen LogP contribution in [0, 0.1) is 0 Å². The molecule has 326 valence electrons. The summed E-state index contributed by atoms with van der Waals surface area (Å²) in [5.74, 6) is -0.920. The second-order valence-electron chi connectivity index (χ2n) is 15.3. The molecule has 0 aliphatic carbocycles. The normalized spacial score (nSPS) is 12.7. The maximum Gasteiger partial charge on any atom is 0.306 e. The first-order chi connectivity index (χ1) is 28.0. The number of allylic oxidation sites excluding steroid dienone is 12. The van der Waals surface area contributed by atoms with Crippen LogP contribution < -0.4 is 0 Å². The van der Waals surface area contributed by atoms with Crippen LogP contribution in [0.3, 0.4) is 0 Å². The summed E-state index contributed by atoms with van der Waals surface area (Å²) in [6.45, 7) is 6.37. The molecule has 0 aliphatic heterocycles. The zero-order valence-corrected chi connectivity index (χ0v) is 37.1. The average molecular weight is 795 g/mol. The molecule has 0 saturated carbocycles. The van der Waals surface area contributed by atoms with Crippen molar-refractivity contribution in [3.63, 3.8) is 0 Å². The number of unbranched alkanes of at least 4 members (excludes halogenated alkanes) is 18. The molecule has 6 nitrogen and oxygen atoms in total. The fraction of sp³-hybridized carbons (Fsp3) is 0.706.